The highest BCUT2D eigenvalue weighted by Gasteiger charge is 2.57. The van der Waals surface area contributed by atoms with Gasteiger partial charge in [-0.2, -0.15) is 8.42 Å². The van der Waals surface area contributed by atoms with Crippen LogP contribution in [0.1, 0.15) is 11.1 Å². The number of phenols is 4. The minimum absolute atomic E-state index is 0.0295. The summed E-state index contributed by atoms with van der Waals surface area (Å²) < 4.78 is 40.7. The lowest BCUT2D eigenvalue weighted by Crippen LogP contribution is -2.54. The van der Waals surface area contributed by atoms with Gasteiger partial charge in [0.2, 0.25) is 0 Å². The van der Waals surface area contributed by atoms with Crippen LogP contribution >= 0.6 is 0 Å². The first-order valence-electron chi connectivity index (χ1n) is 8.39. The number of phenolic OH excluding ortho intramolecular Hbond substituents is 4. The number of rotatable bonds is 2. The summed E-state index contributed by atoms with van der Waals surface area (Å²) in [5.74, 6) is -2.35. The van der Waals surface area contributed by atoms with E-state index in [2.05, 4.69) is 0 Å². The second kappa shape index (κ2) is 6.14. The molecule has 4 rings (SSSR count). The maximum Gasteiger partial charge on any atom is 0.313 e. The Labute approximate surface area is 164 Å². The molecule has 0 bridgehead atoms. The zero-order valence-corrected chi connectivity index (χ0v) is 15.5. The predicted molar refractivity (Wildman–Crippen MR) is 101 cm³/mol. The lowest BCUT2D eigenvalue weighted by atomic mass is 9.90. The molecule has 0 aromatic heterocycles. The number of benzene rings is 3. The molecule has 0 saturated heterocycles. The van der Waals surface area contributed by atoms with E-state index in [1.165, 1.54) is 24.3 Å². The number of ether oxygens (including phenoxy) is 1. The van der Waals surface area contributed by atoms with E-state index in [0.29, 0.717) is 0 Å². The van der Waals surface area contributed by atoms with Crippen molar-refractivity contribution >= 4 is 20.9 Å². The largest absolute Gasteiger partial charge is 0.508 e. The number of aliphatic hydroxyl groups is 1. The van der Waals surface area contributed by atoms with E-state index < -0.39 is 50.6 Å². The van der Waals surface area contributed by atoms with Crippen LogP contribution in [0.15, 0.2) is 42.5 Å². The Morgan fingerprint density at radius 1 is 0.966 bits per heavy atom. The van der Waals surface area contributed by atoms with Crippen LogP contribution in [0.3, 0.4) is 0 Å². The SMILES string of the molecule is O=S(=O)(O)C1(c2cc(O)c(O)c3ccccc23)Oc2cc(O)cc(O)c2CC1O. The van der Waals surface area contributed by atoms with E-state index in [4.69, 9.17) is 4.74 Å². The smallest absolute Gasteiger partial charge is 0.313 e. The minimum atomic E-state index is -5.21. The highest BCUT2D eigenvalue weighted by atomic mass is 32.2. The Kier molecular flexibility index (Phi) is 4.05. The average molecular weight is 420 g/mol. The Morgan fingerprint density at radius 3 is 2.28 bits per heavy atom. The second-order valence-electron chi connectivity index (χ2n) is 6.74. The van der Waals surface area contributed by atoms with E-state index in [-0.39, 0.29) is 27.6 Å². The molecular weight excluding hydrogens is 404 g/mol. The van der Waals surface area contributed by atoms with Crippen LogP contribution < -0.4 is 4.74 Å². The van der Waals surface area contributed by atoms with Crippen molar-refractivity contribution in [2.24, 2.45) is 0 Å². The van der Waals surface area contributed by atoms with Gasteiger partial charge in [-0.25, -0.2) is 0 Å². The number of hydrogen-bond donors (Lipinski definition) is 6. The lowest BCUT2D eigenvalue weighted by Gasteiger charge is -2.40. The summed E-state index contributed by atoms with van der Waals surface area (Å²) >= 11 is 0. The summed E-state index contributed by atoms with van der Waals surface area (Å²) in [4.78, 5) is -2.80. The highest BCUT2D eigenvalue weighted by molar-refractivity contribution is 7.86. The van der Waals surface area contributed by atoms with E-state index >= 15 is 0 Å². The van der Waals surface area contributed by atoms with E-state index in [9.17, 15) is 38.5 Å². The molecule has 1 aliphatic rings. The van der Waals surface area contributed by atoms with Crippen molar-refractivity contribution in [1.82, 2.24) is 0 Å². The van der Waals surface area contributed by atoms with Gasteiger partial charge in [0.1, 0.15) is 23.4 Å². The molecular formula is C19H16O9S. The second-order valence-corrected chi connectivity index (χ2v) is 8.30. The summed E-state index contributed by atoms with van der Waals surface area (Å²) in [6, 6.07) is 8.80. The average Bonchev–Trinajstić information content (AvgIpc) is 2.64. The normalized spacial score (nSPS) is 21.5. The van der Waals surface area contributed by atoms with E-state index in [0.717, 1.165) is 18.2 Å². The van der Waals surface area contributed by atoms with Crippen molar-refractivity contribution in [3.8, 4) is 28.7 Å². The van der Waals surface area contributed by atoms with Crippen LogP contribution in [0.2, 0.25) is 0 Å². The molecule has 0 spiro atoms. The first-order chi connectivity index (χ1) is 13.6. The third-order valence-corrected chi connectivity index (χ3v) is 6.36. The topological polar surface area (TPSA) is 165 Å². The molecule has 0 amide bonds. The van der Waals surface area contributed by atoms with Gasteiger partial charge in [0, 0.05) is 35.1 Å². The first-order valence-corrected chi connectivity index (χ1v) is 9.83. The molecule has 29 heavy (non-hydrogen) atoms. The molecule has 3 aromatic carbocycles. The molecule has 0 aliphatic carbocycles. The molecule has 2 atom stereocenters. The summed E-state index contributed by atoms with van der Waals surface area (Å²) in [5, 5.41) is 51.0. The van der Waals surface area contributed by atoms with Gasteiger partial charge in [-0.05, 0) is 11.5 Å². The Hall–Kier alpha value is -3.21. The molecule has 3 aromatic rings. The van der Waals surface area contributed by atoms with Crippen molar-refractivity contribution in [3.63, 3.8) is 0 Å². The van der Waals surface area contributed by atoms with Crippen molar-refractivity contribution in [1.29, 1.82) is 0 Å². The van der Waals surface area contributed by atoms with Crippen LogP contribution in [-0.2, 0) is 21.5 Å². The molecule has 10 heteroatoms. The summed E-state index contributed by atoms with van der Waals surface area (Å²) in [6.07, 6.45) is -2.36. The lowest BCUT2D eigenvalue weighted by molar-refractivity contribution is -0.0180. The highest BCUT2D eigenvalue weighted by Crippen LogP contribution is 2.50. The molecule has 6 N–H and O–H groups in total. The number of hydrogen-bond acceptors (Lipinski definition) is 8. The standard InChI is InChI=1S/C19H16O9S/c20-9-5-14(21)12-7-17(23)19(29(25,26)27,28-16(12)6-9)13-8-15(22)18(24)11-4-2-1-3-10(11)13/h1-6,8,17,20-24H,7H2,(H,25,26,27). The number of aromatic hydroxyl groups is 4. The van der Waals surface area contributed by atoms with Crippen LogP contribution in [-0.4, -0.2) is 44.6 Å². The summed E-state index contributed by atoms with van der Waals surface area (Å²) in [5.41, 5.74) is -0.297. The van der Waals surface area contributed by atoms with E-state index in [1.807, 2.05) is 0 Å². The molecule has 152 valence electrons. The van der Waals surface area contributed by atoms with Gasteiger partial charge in [0.25, 0.3) is 4.93 Å². The van der Waals surface area contributed by atoms with Crippen LogP contribution in [0.25, 0.3) is 10.8 Å². The van der Waals surface area contributed by atoms with Gasteiger partial charge < -0.3 is 30.3 Å². The quantitative estimate of drug-likeness (QED) is 0.267. The molecule has 0 radical (unpaired) electrons. The maximum absolute atomic E-state index is 12.5. The number of aliphatic hydroxyl groups excluding tert-OH is 1. The number of fused-ring (bicyclic) bond motifs is 2. The third kappa shape index (κ3) is 2.64. The summed E-state index contributed by atoms with van der Waals surface area (Å²) in [6.45, 7) is 0. The third-order valence-electron chi connectivity index (χ3n) is 5.02. The van der Waals surface area contributed by atoms with Crippen molar-refractivity contribution in [3.05, 3.63) is 53.6 Å². The summed E-state index contributed by atoms with van der Waals surface area (Å²) in [7, 11) is -5.21. The maximum atomic E-state index is 12.5. The van der Waals surface area contributed by atoms with Crippen molar-refractivity contribution in [2.45, 2.75) is 17.5 Å². The van der Waals surface area contributed by atoms with Gasteiger partial charge in [-0.1, -0.05) is 24.3 Å². The Bertz CT molecular complexity index is 1250. The predicted octanol–water partition coefficient (Wildman–Crippen LogP) is 1.70. The fourth-order valence-electron chi connectivity index (χ4n) is 3.70. The molecule has 0 fully saturated rings. The van der Waals surface area contributed by atoms with Gasteiger partial charge in [-0.3, -0.25) is 4.55 Å². The van der Waals surface area contributed by atoms with E-state index in [1.54, 1.807) is 0 Å². The van der Waals surface area contributed by atoms with Crippen molar-refractivity contribution < 1.29 is 43.2 Å². The fourth-order valence-corrected chi connectivity index (χ4v) is 4.77. The molecule has 0 saturated carbocycles. The van der Waals surface area contributed by atoms with Crippen molar-refractivity contribution in [2.75, 3.05) is 0 Å². The first kappa shape index (κ1) is 19.1. The van der Waals surface area contributed by atoms with Crippen LogP contribution in [0.5, 0.6) is 28.7 Å². The molecule has 9 nitrogen and oxygen atoms in total. The van der Waals surface area contributed by atoms with Gasteiger partial charge >= 0.3 is 10.1 Å². The molecule has 1 aliphatic heterocycles. The zero-order valence-electron chi connectivity index (χ0n) is 14.6. The minimum Gasteiger partial charge on any atom is -0.508 e. The zero-order chi connectivity index (χ0) is 21.1. The fraction of sp³-hybridized carbons (Fsp3) is 0.158. The molecule has 2 unspecified atom stereocenters. The Morgan fingerprint density at radius 2 is 1.62 bits per heavy atom. The Balaban J connectivity index is 2.10. The van der Waals surface area contributed by atoms with Crippen LogP contribution in [0, 0.1) is 0 Å². The van der Waals surface area contributed by atoms with Gasteiger partial charge in [0.05, 0.1) is 0 Å². The van der Waals surface area contributed by atoms with Gasteiger partial charge in [-0.15, -0.1) is 0 Å². The van der Waals surface area contributed by atoms with Crippen LogP contribution in [0.4, 0.5) is 0 Å². The van der Waals surface area contributed by atoms with Gasteiger partial charge in [0.15, 0.2) is 11.5 Å². The monoisotopic (exact) mass is 420 g/mol. The molecule has 1 heterocycles.